The molecule has 2 bridgehead atoms. The summed E-state index contributed by atoms with van der Waals surface area (Å²) in [6, 6.07) is 0. The van der Waals surface area contributed by atoms with Crippen molar-refractivity contribution in [3.05, 3.63) is 11.3 Å². The van der Waals surface area contributed by atoms with Crippen molar-refractivity contribution >= 4 is 11.8 Å². The number of aliphatic hydroxyl groups is 1. The first-order valence-electron chi connectivity index (χ1n) is 5.29. The molecule has 2 aliphatic rings. The number of hydrogen-bond donors (Lipinski definition) is 1. The van der Waals surface area contributed by atoms with Gasteiger partial charge in [-0.15, -0.1) is 0 Å². The number of esters is 1. The third-order valence-electron chi connectivity index (χ3n) is 3.20. The van der Waals surface area contributed by atoms with Gasteiger partial charge in [0.05, 0.1) is 6.61 Å². The number of allylic oxidation sites excluding steroid dienone is 1. The Bertz CT molecular complexity index is 342. The van der Waals surface area contributed by atoms with Crippen molar-refractivity contribution in [2.75, 3.05) is 6.61 Å². The molecule has 2 rings (SSSR count). The number of aliphatic hydroxyl groups excluding tert-OH is 1. The van der Waals surface area contributed by atoms with E-state index >= 15 is 0 Å². The SMILES string of the molecule is CCOC(=O)/C(O)=C1/C(=O)C2CCC1C2. The molecular weight excluding hydrogens is 196 g/mol. The summed E-state index contributed by atoms with van der Waals surface area (Å²) in [5, 5.41) is 9.63. The summed E-state index contributed by atoms with van der Waals surface area (Å²) in [5.41, 5.74) is 0.310. The zero-order valence-corrected chi connectivity index (χ0v) is 8.66. The number of fused-ring (bicyclic) bond motifs is 2. The van der Waals surface area contributed by atoms with Gasteiger partial charge in [-0.3, -0.25) is 4.79 Å². The van der Waals surface area contributed by atoms with Crippen LogP contribution in [0.5, 0.6) is 0 Å². The molecule has 0 aliphatic heterocycles. The number of hydrogen-bond acceptors (Lipinski definition) is 4. The van der Waals surface area contributed by atoms with Crippen LogP contribution in [0.25, 0.3) is 0 Å². The van der Waals surface area contributed by atoms with Crippen LogP contribution < -0.4 is 0 Å². The average molecular weight is 210 g/mol. The van der Waals surface area contributed by atoms with E-state index in [0.717, 1.165) is 19.3 Å². The molecule has 4 heteroatoms. The topological polar surface area (TPSA) is 63.6 Å². The molecule has 0 heterocycles. The fourth-order valence-corrected chi connectivity index (χ4v) is 2.52. The van der Waals surface area contributed by atoms with E-state index in [9.17, 15) is 14.7 Å². The van der Waals surface area contributed by atoms with Crippen molar-refractivity contribution in [1.29, 1.82) is 0 Å². The lowest BCUT2D eigenvalue weighted by Crippen LogP contribution is -2.19. The van der Waals surface area contributed by atoms with Gasteiger partial charge in [0.25, 0.3) is 0 Å². The highest BCUT2D eigenvalue weighted by molar-refractivity contribution is 6.06. The van der Waals surface area contributed by atoms with Gasteiger partial charge >= 0.3 is 5.97 Å². The van der Waals surface area contributed by atoms with Gasteiger partial charge in [0.2, 0.25) is 5.76 Å². The van der Waals surface area contributed by atoms with Gasteiger partial charge in [-0.25, -0.2) is 4.79 Å². The Morgan fingerprint density at radius 3 is 2.67 bits per heavy atom. The summed E-state index contributed by atoms with van der Waals surface area (Å²) >= 11 is 0. The van der Waals surface area contributed by atoms with Crippen molar-refractivity contribution in [2.24, 2.45) is 11.8 Å². The molecule has 0 aromatic rings. The highest BCUT2D eigenvalue weighted by Gasteiger charge is 2.45. The third kappa shape index (κ3) is 1.54. The molecular formula is C11H14O4. The Hall–Kier alpha value is -1.32. The summed E-state index contributed by atoms with van der Waals surface area (Å²) < 4.78 is 4.67. The zero-order chi connectivity index (χ0) is 11.0. The molecule has 2 atom stereocenters. The number of ether oxygens (including phenoxy) is 1. The van der Waals surface area contributed by atoms with Crippen LogP contribution in [-0.4, -0.2) is 23.5 Å². The second-order valence-electron chi connectivity index (χ2n) is 4.05. The Morgan fingerprint density at radius 2 is 2.13 bits per heavy atom. The second-order valence-corrected chi connectivity index (χ2v) is 4.05. The van der Waals surface area contributed by atoms with E-state index < -0.39 is 11.7 Å². The molecule has 0 aromatic heterocycles. The lowest BCUT2D eigenvalue weighted by Gasteiger charge is -2.13. The van der Waals surface area contributed by atoms with E-state index in [1.54, 1.807) is 6.92 Å². The summed E-state index contributed by atoms with van der Waals surface area (Å²) in [7, 11) is 0. The van der Waals surface area contributed by atoms with Crippen molar-refractivity contribution in [1.82, 2.24) is 0 Å². The molecule has 0 saturated heterocycles. The molecule has 0 radical (unpaired) electrons. The Labute approximate surface area is 87.9 Å². The van der Waals surface area contributed by atoms with Crippen LogP contribution >= 0.6 is 0 Å². The fourth-order valence-electron chi connectivity index (χ4n) is 2.52. The molecule has 4 nitrogen and oxygen atoms in total. The first-order chi connectivity index (χ1) is 7.15. The molecule has 0 aromatic carbocycles. The third-order valence-corrected chi connectivity index (χ3v) is 3.20. The predicted octanol–water partition coefficient (Wildman–Crippen LogP) is 1.36. The lowest BCUT2D eigenvalue weighted by molar-refractivity contribution is -0.142. The Morgan fingerprint density at radius 1 is 1.47 bits per heavy atom. The van der Waals surface area contributed by atoms with Crippen LogP contribution in [0, 0.1) is 11.8 Å². The Balaban J connectivity index is 2.25. The van der Waals surface area contributed by atoms with Gasteiger partial charge in [0.15, 0.2) is 5.78 Å². The molecule has 2 unspecified atom stereocenters. The normalized spacial score (nSPS) is 31.9. The maximum absolute atomic E-state index is 11.7. The maximum Gasteiger partial charge on any atom is 0.373 e. The van der Waals surface area contributed by atoms with Gasteiger partial charge in [0.1, 0.15) is 0 Å². The van der Waals surface area contributed by atoms with Crippen LogP contribution in [0.15, 0.2) is 11.3 Å². The zero-order valence-electron chi connectivity index (χ0n) is 8.66. The quantitative estimate of drug-likeness (QED) is 0.424. The van der Waals surface area contributed by atoms with Gasteiger partial charge in [0, 0.05) is 11.5 Å². The molecule has 2 aliphatic carbocycles. The summed E-state index contributed by atoms with van der Waals surface area (Å²) in [5.74, 6) is -1.19. The standard InChI is InChI=1S/C11H14O4/c1-2-15-11(14)10(13)8-6-3-4-7(5-6)9(8)12/h6-7,13H,2-5H2,1H3/b10-8-. The Kier molecular flexibility index (Phi) is 2.50. The van der Waals surface area contributed by atoms with Crippen LogP contribution in [0.1, 0.15) is 26.2 Å². The second kappa shape index (κ2) is 3.68. The maximum atomic E-state index is 11.7. The molecule has 15 heavy (non-hydrogen) atoms. The van der Waals surface area contributed by atoms with E-state index in [1.165, 1.54) is 0 Å². The molecule has 0 spiro atoms. The number of carbonyl (C=O) groups is 2. The van der Waals surface area contributed by atoms with Crippen LogP contribution in [0.4, 0.5) is 0 Å². The van der Waals surface area contributed by atoms with Crippen LogP contribution in [0.2, 0.25) is 0 Å². The highest BCUT2D eigenvalue weighted by atomic mass is 16.5. The lowest BCUT2D eigenvalue weighted by atomic mass is 9.92. The minimum Gasteiger partial charge on any atom is -0.502 e. The number of carbonyl (C=O) groups excluding carboxylic acids is 2. The average Bonchev–Trinajstić information content (AvgIpc) is 2.77. The summed E-state index contributed by atoms with van der Waals surface area (Å²) in [6.45, 7) is 1.87. The monoisotopic (exact) mass is 210 g/mol. The van der Waals surface area contributed by atoms with Gasteiger partial charge < -0.3 is 9.84 Å². The molecule has 1 N–H and O–H groups in total. The summed E-state index contributed by atoms with van der Waals surface area (Å²) in [4.78, 5) is 23.0. The molecule has 0 amide bonds. The van der Waals surface area contributed by atoms with Crippen molar-refractivity contribution in [2.45, 2.75) is 26.2 Å². The minimum absolute atomic E-state index is 0.0292. The van der Waals surface area contributed by atoms with Gasteiger partial charge in [-0.2, -0.15) is 0 Å². The molecule has 82 valence electrons. The summed E-state index contributed by atoms with van der Waals surface area (Å²) in [6.07, 6.45) is 2.58. The molecule has 2 saturated carbocycles. The van der Waals surface area contributed by atoms with E-state index in [1.807, 2.05) is 0 Å². The first-order valence-corrected chi connectivity index (χ1v) is 5.29. The smallest absolute Gasteiger partial charge is 0.373 e. The predicted molar refractivity (Wildman–Crippen MR) is 52.1 cm³/mol. The van der Waals surface area contributed by atoms with Crippen molar-refractivity contribution in [3.8, 4) is 0 Å². The number of rotatable bonds is 2. The number of Topliss-reactive ketones (excluding diaryl/α,β-unsaturated/α-hetero) is 1. The minimum atomic E-state index is -0.770. The van der Waals surface area contributed by atoms with Crippen LogP contribution in [0.3, 0.4) is 0 Å². The first kappa shape index (κ1) is 10.2. The van der Waals surface area contributed by atoms with Crippen molar-refractivity contribution in [3.63, 3.8) is 0 Å². The molecule has 2 fully saturated rings. The highest BCUT2D eigenvalue weighted by Crippen LogP contribution is 2.46. The number of ketones is 1. The largest absolute Gasteiger partial charge is 0.502 e. The van der Waals surface area contributed by atoms with E-state index in [2.05, 4.69) is 4.74 Å². The van der Waals surface area contributed by atoms with Gasteiger partial charge in [-0.05, 0) is 32.1 Å². The fraction of sp³-hybridized carbons (Fsp3) is 0.636. The van der Waals surface area contributed by atoms with Crippen molar-refractivity contribution < 1.29 is 19.4 Å². The van der Waals surface area contributed by atoms with Gasteiger partial charge in [-0.1, -0.05) is 0 Å². The van der Waals surface area contributed by atoms with E-state index in [0.29, 0.717) is 5.57 Å². The van der Waals surface area contributed by atoms with E-state index in [4.69, 9.17) is 0 Å². The van der Waals surface area contributed by atoms with Crippen LogP contribution in [-0.2, 0) is 14.3 Å². The van der Waals surface area contributed by atoms with E-state index in [-0.39, 0.29) is 24.2 Å².